The Morgan fingerprint density at radius 2 is 2.28 bits per heavy atom. The summed E-state index contributed by atoms with van der Waals surface area (Å²) >= 11 is 6.86. The summed E-state index contributed by atoms with van der Waals surface area (Å²) in [5.74, 6) is 0.109. The number of carbonyl (C=O) groups is 1. The molecule has 1 aliphatic rings. The smallest absolute Gasteiger partial charge is 0.231 e. The molecule has 1 heterocycles. The molecule has 5 heteroatoms. The Bertz CT molecular complexity index is 456. The molecule has 3 nitrogen and oxygen atoms in total. The van der Waals surface area contributed by atoms with E-state index in [2.05, 4.69) is 49.4 Å². The largest absolute Gasteiger partial charge is 0.325 e. The third-order valence-corrected chi connectivity index (χ3v) is 4.73. The van der Waals surface area contributed by atoms with E-state index in [1.54, 1.807) is 0 Å². The number of hydrogen-bond acceptors (Lipinski definition) is 2. The van der Waals surface area contributed by atoms with Crippen LogP contribution in [0.15, 0.2) is 27.1 Å². The van der Waals surface area contributed by atoms with Gasteiger partial charge in [-0.25, -0.2) is 0 Å². The van der Waals surface area contributed by atoms with Gasteiger partial charge in [-0.15, -0.1) is 0 Å². The number of anilines is 1. The van der Waals surface area contributed by atoms with Gasteiger partial charge in [-0.3, -0.25) is 4.79 Å². The third kappa shape index (κ3) is 2.78. The fourth-order valence-electron chi connectivity index (χ4n) is 2.25. The Hall–Kier alpha value is -0.390. The van der Waals surface area contributed by atoms with Gasteiger partial charge >= 0.3 is 0 Å². The van der Waals surface area contributed by atoms with Crippen LogP contribution in [0.3, 0.4) is 0 Å². The summed E-state index contributed by atoms with van der Waals surface area (Å²) in [5, 5.41) is 6.30. The van der Waals surface area contributed by atoms with E-state index < -0.39 is 0 Å². The molecular formula is C13H16Br2N2O. The Balaban J connectivity index is 2.15. The van der Waals surface area contributed by atoms with Gasteiger partial charge in [0.15, 0.2) is 0 Å². The van der Waals surface area contributed by atoms with E-state index in [1.807, 2.05) is 18.2 Å². The maximum Gasteiger partial charge on any atom is 0.231 e. The number of halogens is 2. The van der Waals surface area contributed by atoms with Crippen molar-refractivity contribution in [3.05, 3.63) is 27.1 Å². The molecule has 1 aliphatic heterocycles. The zero-order chi connectivity index (χ0) is 13.2. The molecule has 0 aliphatic carbocycles. The number of hydrogen-bond donors (Lipinski definition) is 2. The van der Waals surface area contributed by atoms with Gasteiger partial charge in [-0.2, -0.15) is 0 Å². The van der Waals surface area contributed by atoms with Gasteiger partial charge in [0.1, 0.15) is 0 Å². The van der Waals surface area contributed by atoms with Crippen LogP contribution in [0.5, 0.6) is 0 Å². The topological polar surface area (TPSA) is 41.1 Å². The molecule has 0 spiro atoms. The molecule has 0 bridgehead atoms. The van der Waals surface area contributed by atoms with E-state index in [4.69, 9.17) is 0 Å². The Morgan fingerprint density at radius 1 is 1.50 bits per heavy atom. The summed E-state index contributed by atoms with van der Waals surface area (Å²) in [5.41, 5.74) is 0.565. The van der Waals surface area contributed by atoms with Crippen LogP contribution in [0.2, 0.25) is 0 Å². The van der Waals surface area contributed by atoms with Gasteiger partial charge in [0, 0.05) is 15.5 Å². The standard InChI is InChI=1S/C13H16Br2N2O/c1-2-13(5-6-16-8-13)12(18)17-11-4-3-9(14)7-10(11)15/h3-4,7,16H,2,5-6,8H2,1H3,(H,17,18). The number of amides is 1. The summed E-state index contributed by atoms with van der Waals surface area (Å²) in [6.45, 7) is 3.76. The van der Waals surface area contributed by atoms with Crippen LogP contribution >= 0.6 is 31.9 Å². The highest BCUT2D eigenvalue weighted by molar-refractivity contribution is 9.11. The first-order valence-electron chi connectivity index (χ1n) is 6.04. The Morgan fingerprint density at radius 3 is 2.83 bits per heavy atom. The van der Waals surface area contributed by atoms with Crippen molar-refractivity contribution in [2.75, 3.05) is 18.4 Å². The minimum absolute atomic E-state index is 0.109. The van der Waals surface area contributed by atoms with Crippen molar-refractivity contribution in [1.82, 2.24) is 5.32 Å². The molecule has 1 fully saturated rings. The maximum absolute atomic E-state index is 12.4. The fraction of sp³-hybridized carbons (Fsp3) is 0.462. The lowest BCUT2D eigenvalue weighted by atomic mass is 9.83. The van der Waals surface area contributed by atoms with Crippen molar-refractivity contribution in [3.8, 4) is 0 Å². The Kier molecular flexibility index (Phi) is 4.45. The monoisotopic (exact) mass is 374 g/mol. The van der Waals surface area contributed by atoms with Crippen LogP contribution in [0, 0.1) is 5.41 Å². The maximum atomic E-state index is 12.4. The van der Waals surface area contributed by atoms with Crippen molar-refractivity contribution >= 4 is 43.5 Å². The number of carbonyl (C=O) groups excluding carboxylic acids is 1. The van der Waals surface area contributed by atoms with Crippen LogP contribution in [0.25, 0.3) is 0 Å². The first-order valence-corrected chi connectivity index (χ1v) is 7.63. The van der Waals surface area contributed by atoms with Crippen LogP contribution < -0.4 is 10.6 Å². The second-order valence-corrected chi connectivity index (χ2v) is 6.41. The van der Waals surface area contributed by atoms with E-state index in [9.17, 15) is 4.79 Å². The molecular weight excluding hydrogens is 360 g/mol. The lowest BCUT2D eigenvalue weighted by Crippen LogP contribution is -2.37. The zero-order valence-corrected chi connectivity index (χ0v) is 13.4. The number of rotatable bonds is 3. The normalized spacial score (nSPS) is 23.1. The average molecular weight is 376 g/mol. The van der Waals surface area contributed by atoms with Crippen LogP contribution in [0.1, 0.15) is 19.8 Å². The molecule has 1 amide bonds. The van der Waals surface area contributed by atoms with Gasteiger partial charge in [-0.05, 0) is 53.5 Å². The molecule has 2 rings (SSSR count). The molecule has 18 heavy (non-hydrogen) atoms. The van der Waals surface area contributed by atoms with E-state index in [0.29, 0.717) is 0 Å². The molecule has 1 aromatic carbocycles. The first kappa shape index (κ1) is 14.0. The predicted octanol–water partition coefficient (Wildman–Crippen LogP) is 3.54. The molecule has 0 aromatic heterocycles. The van der Waals surface area contributed by atoms with Gasteiger partial charge in [0.25, 0.3) is 0 Å². The lowest BCUT2D eigenvalue weighted by molar-refractivity contribution is -0.124. The molecule has 98 valence electrons. The molecule has 2 N–H and O–H groups in total. The minimum Gasteiger partial charge on any atom is -0.325 e. The third-order valence-electron chi connectivity index (χ3n) is 3.58. The second-order valence-electron chi connectivity index (χ2n) is 4.64. The molecule has 0 radical (unpaired) electrons. The van der Waals surface area contributed by atoms with E-state index in [0.717, 1.165) is 40.6 Å². The SMILES string of the molecule is CCC1(C(=O)Nc2ccc(Br)cc2Br)CCNC1. The molecule has 1 unspecified atom stereocenters. The van der Waals surface area contributed by atoms with Crippen LogP contribution in [-0.2, 0) is 4.79 Å². The van der Waals surface area contributed by atoms with E-state index in [1.165, 1.54) is 0 Å². The fourth-order valence-corrected chi connectivity index (χ4v) is 3.39. The van der Waals surface area contributed by atoms with Crippen LogP contribution in [-0.4, -0.2) is 19.0 Å². The summed E-state index contributed by atoms with van der Waals surface area (Å²) in [6, 6.07) is 5.75. The quantitative estimate of drug-likeness (QED) is 0.848. The van der Waals surface area contributed by atoms with Crippen molar-refractivity contribution in [1.29, 1.82) is 0 Å². The zero-order valence-electron chi connectivity index (χ0n) is 10.2. The number of benzene rings is 1. The highest BCUT2D eigenvalue weighted by atomic mass is 79.9. The van der Waals surface area contributed by atoms with Gasteiger partial charge in [0.2, 0.25) is 5.91 Å². The van der Waals surface area contributed by atoms with Gasteiger partial charge < -0.3 is 10.6 Å². The molecule has 1 atom stereocenters. The average Bonchev–Trinajstić information content (AvgIpc) is 2.82. The minimum atomic E-state index is -0.257. The Labute approximate surface area is 124 Å². The van der Waals surface area contributed by atoms with Crippen molar-refractivity contribution in [2.45, 2.75) is 19.8 Å². The second kappa shape index (κ2) is 5.72. The summed E-state index contributed by atoms with van der Waals surface area (Å²) < 4.78 is 1.88. The van der Waals surface area contributed by atoms with Gasteiger partial charge in [-0.1, -0.05) is 22.9 Å². The molecule has 1 saturated heterocycles. The summed E-state index contributed by atoms with van der Waals surface area (Å²) in [6.07, 6.45) is 1.77. The number of nitrogens with one attached hydrogen (secondary N) is 2. The summed E-state index contributed by atoms with van der Waals surface area (Å²) in [4.78, 5) is 12.4. The van der Waals surface area contributed by atoms with Crippen molar-refractivity contribution < 1.29 is 4.79 Å². The van der Waals surface area contributed by atoms with Crippen molar-refractivity contribution in [3.63, 3.8) is 0 Å². The van der Waals surface area contributed by atoms with Crippen LogP contribution in [0.4, 0.5) is 5.69 Å². The van der Waals surface area contributed by atoms with E-state index >= 15 is 0 Å². The highest BCUT2D eigenvalue weighted by Crippen LogP contribution is 2.33. The summed E-state index contributed by atoms with van der Waals surface area (Å²) in [7, 11) is 0. The van der Waals surface area contributed by atoms with E-state index in [-0.39, 0.29) is 11.3 Å². The first-order chi connectivity index (χ1) is 8.57. The highest BCUT2D eigenvalue weighted by Gasteiger charge is 2.39. The van der Waals surface area contributed by atoms with Gasteiger partial charge in [0.05, 0.1) is 11.1 Å². The molecule has 0 saturated carbocycles. The molecule has 1 aromatic rings. The lowest BCUT2D eigenvalue weighted by Gasteiger charge is -2.25. The predicted molar refractivity (Wildman–Crippen MR) is 80.7 cm³/mol. The van der Waals surface area contributed by atoms with Crippen molar-refractivity contribution in [2.24, 2.45) is 5.41 Å².